The summed E-state index contributed by atoms with van der Waals surface area (Å²) < 4.78 is 5.23. The summed E-state index contributed by atoms with van der Waals surface area (Å²) in [4.78, 5) is 13.5. The van der Waals surface area contributed by atoms with E-state index in [-0.39, 0.29) is 18.1 Å². The van der Waals surface area contributed by atoms with Crippen molar-refractivity contribution in [3.63, 3.8) is 0 Å². The highest BCUT2D eigenvalue weighted by Gasteiger charge is 2.27. The highest BCUT2D eigenvalue weighted by atomic mass is 79.9. The Morgan fingerprint density at radius 3 is 3.00 bits per heavy atom. The van der Waals surface area contributed by atoms with E-state index in [4.69, 9.17) is 4.74 Å². The predicted octanol–water partition coefficient (Wildman–Crippen LogP) is 1.03. The maximum absolute atomic E-state index is 11.1. The molecule has 2 unspecified atom stereocenters. The number of rotatable bonds is 2. The fourth-order valence-electron chi connectivity index (χ4n) is 1.62. The lowest BCUT2D eigenvalue weighted by Crippen LogP contribution is -2.40. The zero-order valence-corrected chi connectivity index (χ0v) is 9.06. The first kappa shape index (κ1) is 10.6. The molecule has 1 N–H and O–H groups in total. The highest BCUT2D eigenvalue weighted by Crippen LogP contribution is 2.21. The van der Waals surface area contributed by atoms with Crippen molar-refractivity contribution in [1.29, 1.82) is 0 Å². The smallest absolute Gasteiger partial charge is 0.297 e. The van der Waals surface area contributed by atoms with Crippen LogP contribution in [0.3, 0.4) is 0 Å². The SMILES string of the molecule is COC1CCCC1NC(=O)C#CBr. The van der Waals surface area contributed by atoms with Gasteiger partial charge in [0.15, 0.2) is 0 Å². The molecule has 2 atom stereocenters. The van der Waals surface area contributed by atoms with Crippen LogP contribution in [0.2, 0.25) is 0 Å². The van der Waals surface area contributed by atoms with Crippen LogP contribution in [-0.4, -0.2) is 25.2 Å². The quantitative estimate of drug-likeness (QED) is 0.739. The molecular formula is C9H12BrNO2. The Kier molecular flexibility index (Phi) is 4.26. The average Bonchev–Trinajstić information content (AvgIpc) is 2.52. The van der Waals surface area contributed by atoms with Gasteiger partial charge in [-0.15, -0.1) is 0 Å². The molecule has 0 saturated heterocycles. The number of nitrogens with one attached hydrogen (secondary N) is 1. The molecule has 3 nitrogen and oxygen atoms in total. The van der Waals surface area contributed by atoms with Gasteiger partial charge in [-0.05, 0) is 24.1 Å². The second-order valence-electron chi connectivity index (χ2n) is 3.00. The monoisotopic (exact) mass is 245 g/mol. The minimum Gasteiger partial charge on any atom is -0.379 e. The minimum absolute atomic E-state index is 0.130. The van der Waals surface area contributed by atoms with Crippen LogP contribution >= 0.6 is 15.9 Å². The van der Waals surface area contributed by atoms with E-state index in [0.717, 1.165) is 19.3 Å². The first-order valence-electron chi connectivity index (χ1n) is 4.23. The third kappa shape index (κ3) is 3.02. The van der Waals surface area contributed by atoms with Crippen molar-refractivity contribution in [3.05, 3.63) is 0 Å². The summed E-state index contributed by atoms with van der Waals surface area (Å²) in [7, 11) is 1.67. The van der Waals surface area contributed by atoms with Gasteiger partial charge in [-0.25, -0.2) is 0 Å². The van der Waals surface area contributed by atoms with E-state index >= 15 is 0 Å². The fourth-order valence-corrected chi connectivity index (χ4v) is 1.80. The molecule has 1 fully saturated rings. The van der Waals surface area contributed by atoms with E-state index in [1.807, 2.05) is 0 Å². The predicted molar refractivity (Wildman–Crippen MR) is 53.3 cm³/mol. The Hall–Kier alpha value is -0.530. The van der Waals surface area contributed by atoms with Crippen molar-refractivity contribution in [2.24, 2.45) is 0 Å². The molecule has 0 aromatic heterocycles. The molecule has 1 saturated carbocycles. The van der Waals surface area contributed by atoms with Crippen molar-refractivity contribution < 1.29 is 9.53 Å². The second-order valence-corrected chi connectivity index (χ2v) is 3.40. The van der Waals surface area contributed by atoms with Gasteiger partial charge in [0, 0.05) is 29.0 Å². The highest BCUT2D eigenvalue weighted by molar-refractivity contribution is 9.12. The van der Waals surface area contributed by atoms with Crippen molar-refractivity contribution in [2.75, 3.05) is 7.11 Å². The van der Waals surface area contributed by atoms with Crippen molar-refractivity contribution in [1.82, 2.24) is 5.32 Å². The van der Waals surface area contributed by atoms with Crippen LogP contribution in [0.1, 0.15) is 19.3 Å². The Morgan fingerprint density at radius 2 is 2.38 bits per heavy atom. The van der Waals surface area contributed by atoms with Crippen LogP contribution in [0.15, 0.2) is 0 Å². The first-order valence-corrected chi connectivity index (χ1v) is 5.02. The third-order valence-electron chi connectivity index (χ3n) is 2.23. The minimum atomic E-state index is -0.245. The molecule has 0 aromatic rings. The topological polar surface area (TPSA) is 38.3 Å². The van der Waals surface area contributed by atoms with Crippen LogP contribution in [0.4, 0.5) is 0 Å². The molecule has 0 heterocycles. The number of carbonyl (C=O) groups excluding carboxylic acids is 1. The van der Waals surface area contributed by atoms with Gasteiger partial charge < -0.3 is 10.1 Å². The van der Waals surface area contributed by atoms with Crippen LogP contribution in [-0.2, 0) is 9.53 Å². The number of carbonyl (C=O) groups is 1. The van der Waals surface area contributed by atoms with Crippen LogP contribution < -0.4 is 5.32 Å². The molecule has 0 spiro atoms. The van der Waals surface area contributed by atoms with Gasteiger partial charge in [-0.3, -0.25) is 4.79 Å². The number of hydrogen-bond acceptors (Lipinski definition) is 2. The summed E-state index contributed by atoms with van der Waals surface area (Å²) >= 11 is 2.88. The zero-order valence-electron chi connectivity index (χ0n) is 7.47. The summed E-state index contributed by atoms with van der Waals surface area (Å²) in [6.07, 6.45) is 3.25. The summed E-state index contributed by atoms with van der Waals surface area (Å²) in [5.74, 6) is 2.13. The van der Waals surface area contributed by atoms with Crippen molar-refractivity contribution >= 4 is 21.8 Å². The number of hydrogen-bond donors (Lipinski definition) is 1. The van der Waals surface area contributed by atoms with E-state index in [1.54, 1.807) is 7.11 Å². The van der Waals surface area contributed by atoms with Gasteiger partial charge in [-0.1, -0.05) is 0 Å². The van der Waals surface area contributed by atoms with Gasteiger partial charge in [0.1, 0.15) is 0 Å². The molecular weight excluding hydrogens is 234 g/mol. The normalized spacial score (nSPS) is 26.3. The molecule has 13 heavy (non-hydrogen) atoms. The maximum Gasteiger partial charge on any atom is 0.297 e. The van der Waals surface area contributed by atoms with E-state index in [9.17, 15) is 4.79 Å². The number of amides is 1. The van der Waals surface area contributed by atoms with Crippen LogP contribution in [0.5, 0.6) is 0 Å². The molecule has 0 bridgehead atoms. The van der Waals surface area contributed by atoms with Crippen LogP contribution in [0.25, 0.3) is 0 Å². The van der Waals surface area contributed by atoms with E-state index in [0.29, 0.717) is 0 Å². The molecule has 0 aliphatic heterocycles. The number of methoxy groups -OCH3 is 1. The van der Waals surface area contributed by atoms with Gasteiger partial charge in [0.05, 0.1) is 12.1 Å². The van der Waals surface area contributed by atoms with Crippen molar-refractivity contribution in [2.45, 2.75) is 31.4 Å². The van der Waals surface area contributed by atoms with Crippen molar-refractivity contribution in [3.8, 4) is 10.8 Å². The first-order chi connectivity index (χ1) is 6.27. The molecule has 1 amide bonds. The molecule has 1 aliphatic rings. The van der Waals surface area contributed by atoms with Crippen LogP contribution in [0, 0.1) is 10.8 Å². The van der Waals surface area contributed by atoms with Gasteiger partial charge >= 0.3 is 0 Å². The summed E-state index contributed by atoms with van der Waals surface area (Å²) in [6.45, 7) is 0. The standard InChI is InChI=1S/C9H12BrNO2/c1-13-8-4-2-3-7(8)11-9(12)5-6-10/h7-8H,2-4H2,1H3,(H,11,12). The van der Waals surface area contributed by atoms with E-state index in [1.165, 1.54) is 0 Å². The molecule has 1 aliphatic carbocycles. The maximum atomic E-state index is 11.1. The van der Waals surface area contributed by atoms with Gasteiger partial charge in [0.25, 0.3) is 5.91 Å². The average molecular weight is 246 g/mol. The number of ether oxygens (including phenoxy) is 1. The van der Waals surface area contributed by atoms with Gasteiger partial charge in [0.2, 0.25) is 0 Å². The Morgan fingerprint density at radius 1 is 1.62 bits per heavy atom. The molecule has 1 rings (SSSR count). The summed E-state index contributed by atoms with van der Waals surface area (Å²) in [5, 5.41) is 2.81. The number of halogens is 1. The fraction of sp³-hybridized carbons (Fsp3) is 0.667. The second kappa shape index (κ2) is 5.25. The third-order valence-corrected chi connectivity index (χ3v) is 2.43. The largest absolute Gasteiger partial charge is 0.379 e. The molecule has 72 valence electrons. The Bertz CT molecular complexity index is 244. The van der Waals surface area contributed by atoms with E-state index in [2.05, 4.69) is 32.0 Å². The molecule has 0 aromatic carbocycles. The Balaban J connectivity index is 2.42. The molecule has 0 radical (unpaired) electrons. The lowest BCUT2D eigenvalue weighted by Gasteiger charge is -2.17. The Labute approximate surface area is 86.3 Å². The summed E-state index contributed by atoms with van der Waals surface area (Å²) in [6, 6.07) is 0.130. The lowest BCUT2D eigenvalue weighted by molar-refractivity contribution is -0.117. The molecule has 4 heteroatoms. The van der Waals surface area contributed by atoms with E-state index < -0.39 is 0 Å². The lowest BCUT2D eigenvalue weighted by atomic mass is 10.2. The van der Waals surface area contributed by atoms with Gasteiger partial charge in [-0.2, -0.15) is 0 Å². The summed E-state index contributed by atoms with van der Waals surface area (Å²) in [5.41, 5.74) is 0. The zero-order chi connectivity index (χ0) is 9.68.